The topological polar surface area (TPSA) is 72.5 Å². The van der Waals surface area contributed by atoms with Crippen LogP contribution in [-0.4, -0.2) is 30.3 Å². The first kappa shape index (κ1) is 17.2. The van der Waals surface area contributed by atoms with Gasteiger partial charge in [0.25, 0.3) is 0 Å². The highest BCUT2D eigenvalue weighted by Crippen LogP contribution is 2.26. The lowest BCUT2D eigenvalue weighted by molar-refractivity contribution is 0.0682. The molecule has 2 heterocycles. The number of benzene rings is 1. The number of urea groups is 1. The van der Waals surface area contributed by atoms with Gasteiger partial charge in [-0.05, 0) is 36.6 Å². The summed E-state index contributed by atoms with van der Waals surface area (Å²) in [7, 11) is 0. The summed E-state index contributed by atoms with van der Waals surface area (Å²) in [6, 6.07) is 7.22. The van der Waals surface area contributed by atoms with E-state index in [1.165, 1.54) is 18.2 Å². The van der Waals surface area contributed by atoms with E-state index < -0.39 is 11.8 Å². The third kappa shape index (κ3) is 5.15. The Morgan fingerprint density at radius 1 is 1.40 bits per heavy atom. The summed E-state index contributed by atoms with van der Waals surface area (Å²) in [6.07, 6.45) is 5.32. The second kappa shape index (κ2) is 8.43. The number of ether oxygens (including phenoxy) is 2. The molecular weight excluding hydrogens is 325 g/mol. The number of hydrogen-bond acceptors (Lipinski definition) is 4. The van der Waals surface area contributed by atoms with E-state index in [0.717, 1.165) is 25.0 Å². The minimum Gasteiger partial charge on any atom is -0.489 e. The Morgan fingerprint density at radius 3 is 3.08 bits per heavy atom. The van der Waals surface area contributed by atoms with E-state index in [0.29, 0.717) is 18.9 Å². The quantitative estimate of drug-likeness (QED) is 0.844. The molecule has 2 N–H and O–H groups in total. The Hall–Kier alpha value is -2.67. The third-order valence-electron chi connectivity index (χ3n) is 3.81. The fourth-order valence-electron chi connectivity index (χ4n) is 2.54. The van der Waals surface area contributed by atoms with E-state index in [1.54, 1.807) is 18.5 Å². The van der Waals surface area contributed by atoms with Gasteiger partial charge in [0.2, 0.25) is 0 Å². The normalized spacial score (nSPS) is 16.4. The zero-order valence-electron chi connectivity index (χ0n) is 13.7. The predicted molar refractivity (Wildman–Crippen MR) is 91.0 cm³/mol. The minimum absolute atomic E-state index is 0.0392. The molecule has 1 saturated heterocycles. The molecule has 0 spiro atoms. The number of carbonyl (C=O) groups is 1. The zero-order chi connectivity index (χ0) is 17.5. The van der Waals surface area contributed by atoms with E-state index >= 15 is 0 Å². The zero-order valence-corrected chi connectivity index (χ0v) is 13.7. The Bertz CT molecular complexity index is 706. The molecule has 7 heteroatoms. The van der Waals surface area contributed by atoms with Crippen LogP contribution in [0.3, 0.4) is 0 Å². The highest BCUT2D eigenvalue weighted by molar-refractivity contribution is 5.90. The van der Waals surface area contributed by atoms with E-state index in [1.807, 2.05) is 6.07 Å². The van der Waals surface area contributed by atoms with Crippen LogP contribution in [0.4, 0.5) is 14.9 Å². The van der Waals surface area contributed by atoms with Gasteiger partial charge in [-0.1, -0.05) is 6.07 Å². The van der Waals surface area contributed by atoms with E-state index in [4.69, 9.17) is 9.47 Å². The number of halogens is 1. The van der Waals surface area contributed by atoms with Crippen LogP contribution in [0.2, 0.25) is 0 Å². The molecule has 25 heavy (non-hydrogen) atoms. The van der Waals surface area contributed by atoms with Crippen molar-refractivity contribution in [2.24, 2.45) is 0 Å². The van der Waals surface area contributed by atoms with E-state index in [9.17, 15) is 9.18 Å². The van der Waals surface area contributed by atoms with Crippen molar-refractivity contribution in [3.63, 3.8) is 0 Å². The molecular formula is C18H20FN3O3. The van der Waals surface area contributed by atoms with Gasteiger partial charge in [-0.3, -0.25) is 4.98 Å². The van der Waals surface area contributed by atoms with Gasteiger partial charge < -0.3 is 20.1 Å². The average molecular weight is 345 g/mol. The standard InChI is InChI=1S/C18H20FN3O3/c19-14-5-6-17(25-12-15-4-2-8-24-15)16(9-14)22-18(23)21-11-13-3-1-7-20-10-13/h1,3,5-7,9-10,15H,2,4,8,11-12H2,(H2,21,22,23)/t15-/m0/s1. The fraction of sp³-hybridized carbons (Fsp3) is 0.333. The monoisotopic (exact) mass is 345 g/mol. The Morgan fingerprint density at radius 2 is 2.32 bits per heavy atom. The van der Waals surface area contributed by atoms with Crippen LogP contribution < -0.4 is 15.4 Å². The first-order valence-electron chi connectivity index (χ1n) is 8.18. The van der Waals surface area contributed by atoms with Crippen molar-refractivity contribution in [1.29, 1.82) is 0 Å². The summed E-state index contributed by atoms with van der Waals surface area (Å²) in [5, 5.41) is 5.32. The van der Waals surface area contributed by atoms with Crippen LogP contribution in [0.25, 0.3) is 0 Å². The third-order valence-corrected chi connectivity index (χ3v) is 3.81. The van der Waals surface area contributed by atoms with Gasteiger partial charge in [0.15, 0.2) is 0 Å². The molecule has 1 aromatic heterocycles. The van der Waals surface area contributed by atoms with Crippen molar-refractivity contribution in [3.8, 4) is 5.75 Å². The molecule has 1 aliphatic heterocycles. The predicted octanol–water partition coefficient (Wildman–Crippen LogP) is 3.10. The molecule has 0 aliphatic carbocycles. The van der Waals surface area contributed by atoms with Gasteiger partial charge in [0.1, 0.15) is 18.2 Å². The van der Waals surface area contributed by atoms with E-state index in [2.05, 4.69) is 15.6 Å². The summed E-state index contributed by atoms with van der Waals surface area (Å²) < 4.78 is 24.7. The van der Waals surface area contributed by atoms with Gasteiger partial charge in [-0.2, -0.15) is 0 Å². The van der Waals surface area contributed by atoms with Gasteiger partial charge >= 0.3 is 6.03 Å². The Kier molecular flexibility index (Phi) is 5.79. The van der Waals surface area contributed by atoms with Crippen molar-refractivity contribution in [3.05, 3.63) is 54.1 Å². The maximum absolute atomic E-state index is 13.5. The van der Waals surface area contributed by atoms with Crippen molar-refractivity contribution in [1.82, 2.24) is 10.3 Å². The molecule has 2 aromatic rings. The number of anilines is 1. The highest BCUT2D eigenvalue weighted by atomic mass is 19.1. The molecule has 3 rings (SSSR count). The van der Waals surface area contributed by atoms with Crippen molar-refractivity contribution in [2.75, 3.05) is 18.5 Å². The molecule has 1 aliphatic rings. The summed E-state index contributed by atoms with van der Waals surface area (Å²) in [5.41, 5.74) is 1.15. The summed E-state index contributed by atoms with van der Waals surface area (Å²) in [4.78, 5) is 16.0. The first-order chi connectivity index (χ1) is 12.2. The van der Waals surface area contributed by atoms with Crippen LogP contribution in [0.15, 0.2) is 42.7 Å². The number of hydrogen-bond donors (Lipinski definition) is 2. The molecule has 1 atom stereocenters. The van der Waals surface area contributed by atoms with Crippen LogP contribution in [-0.2, 0) is 11.3 Å². The van der Waals surface area contributed by atoms with Crippen LogP contribution in [0.5, 0.6) is 5.75 Å². The van der Waals surface area contributed by atoms with Crippen molar-refractivity contribution in [2.45, 2.75) is 25.5 Å². The second-order valence-electron chi connectivity index (χ2n) is 5.76. The first-order valence-corrected chi connectivity index (χ1v) is 8.18. The number of carbonyl (C=O) groups excluding carboxylic acids is 1. The lowest BCUT2D eigenvalue weighted by Crippen LogP contribution is -2.28. The average Bonchev–Trinajstić information content (AvgIpc) is 3.14. The number of nitrogens with zero attached hydrogens (tertiary/aromatic N) is 1. The smallest absolute Gasteiger partial charge is 0.319 e. The largest absolute Gasteiger partial charge is 0.489 e. The summed E-state index contributed by atoms with van der Waals surface area (Å²) in [6.45, 7) is 1.43. The maximum atomic E-state index is 13.5. The van der Waals surface area contributed by atoms with Gasteiger partial charge in [0.05, 0.1) is 11.8 Å². The molecule has 0 radical (unpaired) electrons. The molecule has 0 bridgehead atoms. The lowest BCUT2D eigenvalue weighted by Gasteiger charge is -2.15. The molecule has 0 unspecified atom stereocenters. The Labute approximate surface area is 145 Å². The van der Waals surface area contributed by atoms with Crippen LogP contribution >= 0.6 is 0 Å². The number of amides is 2. The molecule has 2 amide bonds. The van der Waals surface area contributed by atoms with Crippen LogP contribution in [0.1, 0.15) is 18.4 Å². The summed E-state index contributed by atoms with van der Waals surface area (Å²) >= 11 is 0. The highest BCUT2D eigenvalue weighted by Gasteiger charge is 2.17. The summed E-state index contributed by atoms with van der Waals surface area (Å²) in [5.74, 6) is -0.0412. The van der Waals surface area contributed by atoms with Crippen molar-refractivity contribution < 1.29 is 18.7 Å². The number of aromatic nitrogens is 1. The number of nitrogens with one attached hydrogen (secondary N) is 2. The SMILES string of the molecule is O=C(NCc1cccnc1)Nc1cc(F)ccc1OC[C@@H]1CCCO1. The molecule has 1 aromatic carbocycles. The van der Waals surface area contributed by atoms with Crippen LogP contribution in [0, 0.1) is 5.82 Å². The number of pyridine rings is 1. The van der Waals surface area contributed by atoms with Gasteiger partial charge in [-0.25, -0.2) is 9.18 Å². The lowest BCUT2D eigenvalue weighted by atomic mass is 10.2. The molecule has 132 valence electrons. The number of rotatable bonds is 6. The Balaban J connectivity index is 1.57. The molecule has 6 nitrogen and oxygen atoms in total. The molecule has 1 fully saturated rings. The van der Waals surface area contributed by atoms with Gasteiger partial charge in [0, 0.05) is 31.6 Å². The van der Waals surface area contributed by atoms with Crippen molar-refractivity contribution >= 4 is 11.7 Å². The minimum atomic E-state index is -0.452. The van der Waals surface area contributed by atoms with E-state index in [-0.39, 0.29) is 11.8 Å². The fourth-order valence-corrected chi connectivity index (χ4v) is 2.54. The second-order valence-corrected chi connectivity index (χ2v) is 5.76. The molecule has 0 saturated carbocycles. The maximum Gasteiger partial charge on any atom is 0.319 e. The van der Waals surface area contributed by atoms with Gasteiger partial charge in [-0.15, -0.1) is 0 Å².